The van der Waals surface area contributed by atoms with Gasteiger partial charge in [0.25, 0.3) is 6.47 Å². The predicted octanol–water partition coefficient (Wildman–Crippen LogP) is 1.35. The van der Waals surface area contributed by atoms with E-state index >= 15 is 0 Å². The summed E-state index contributed by atoms with van der Waals surface area (Å²) in [5.74, 6) is -1.44. The number of rotatable bonds is 10. The largest absolute Gasteiger partial charge is 1.00 e. The van der Waals surface area contributed by atoms with Crippen molar-refractivity contribution in [2.75, 3.05) is 5.33 Å². The maximum atomic E-state index is 13.7. The van der Waals surface area contributed by atoms with E-state index < -0.39 is 22.8 Å². The number of Topliss-reactive ketones (excluding diaryl/α,β-unsaturated/α-hetero) is 2. The average Bonchev–Trinajstić information content (AvgIpc) is 3.84. The minimum absolute atomic E-state index is 0. The second-order valence-electron chi connectivity index (χ2n) is 12.4. The van der Waals surface area contributed by atoms with Crippen LogP contribution in [-0.2, 0) is 38.7 Å². The predicted molar refractivity (Wildman–Crippen MR) is 212 cm³/mol. The Bertz CT molecular complexity index is 2460. The first-order valence-electron chi connectivity index (χ1n) is 16.3. The molecule has 2 aromatic heterocycles. The number of hydrogen-bond donors (Lipinski definition) is 3. The molecule has 0 saturated heterocycles. The second-order valence-corrected chi connectivity index (χ2v) is 13.8. The molecule has 0 amide bonds. The van der Waals surface area contributed by atoms with Crippen molar-refractivity contribution in [1.29, 1.82) is 0 Å². The number of nitrogens with zero attached hydrogens (tertiary/aromatic N) is 5. The van der Waals surface area contributed by atoms with Crippen molar-refractivity contribution >= 4 is 90.6 Å². The molecule has 20 heteroatoms. The Labute approximate surface area is 442 Å². The van der Waals surface area contributed by atoms with Crippen molar-refractivity contribution < 1.29 is 148 Å². The number of imidazole rings is 2. The standard InChI is InChI=1S/C19H15ClFN3O2.C12H11BrClNO2.C7H5FN2.CH2O3.2K.H/c1-19(26,10-24-11-23-18-14(21)4-3-5-16(18)24)17(25)9-12-6-7-15(22-2)13(20)8-12;1-12(17,7-13)11(16)6-8-3-4-10(15-2)9(14)5-8;8-5-2-1-3-6-7(5)10-4-9-6;2-1-4-3;;;/h3-8,11,26H,9-10H2,1H3;3-5,17H,6-7H2,1H3;1-4H,(H,9,10);1,3H;;;/q;;;;2*+1;-1/p-1/t19-;12-;;;;;/m00...../s1. The van der Waals surface area contributed by atoms with Gasteiger partial charge in [-0.2, -0.15) is 0 Å². The van der Waals surface area contributed by atoms with Gasteiger partial charge < -0.3 is 31.3 Å². The van der Waals surface area contributed by atoms with Crippen LogP contribution in [0.1, 0.15) is 26.4 Å². The van der Waals surface area contributed by atoms with Gasteiger partial charge in [-0.15, -0.1) is 0 Å². The van der Waals surface area contributed by atoms with Gasteiger partial charge in [0, 0.05) is 28.2 Å². The fourth-order valence-corrected chi connectivity index (χ4v) is 5.66. The third-order valence-electron chi connectivity index (χ3n) is 7.98. The van der Waals surface area contributed by atoms with E-state index in [1.165, 1.54) is 38.6 Å². The molecule has 298 valence electrons. The Morgan fingerprint density at radius 3 is 1.85 bits per heavy atom. The molecule has 0 unspecified atom stereocenters. The summed E-state index contributed by atoms with van der Waals surface area (Å²) in [6.45, 7) is 16.5. The van der Waals surface area contributed by atoms with Crippen molar-refractivity contribution in [3.8, 4) is 0 Å². The number of halogens is 5. The van der Waals surface area contributed by atoms with Crippen LogP contribution >= 0.6 is 39.1 Å². The molecule has 0 fully saturated rings. The van der Waals surface area contributed by atoms with E-state index in [4.69, 9.17) is 46.4 Å². The van der Waals surface area contributed by atoms with Crippen LogP contribution in [0, 0.1) is 24.8 Å². The van der Waals surface area contributed by atoms with Gasteiger partial charge in [-0.25, -0.2) is 28.4 Å². The average molecular weight is 965 g/mol. The van der Waals surface area contributed by atoms with Gasteiger partial charge >= 0.3 is 103 Å². The summed E-state index contributed by atoms with van der Waals surface area (Å²) in [4.78, 5) is 52.7. The van der Waals surface area contributed by atoms with Crippen LogP contribution in [0.5, 0.6) is 0 Å². The van der Waals surface area contributed by atoms with E-state index in [0.717, 1.165) is 5.52 Å². The zero-order chi connectivity index (χ0) is 42.3. The van der Waals surface area contributed by atoms with Crippen LogP contribution < -0.4 is 108 Å². The summed E-state index contributed by atoms with van der Waals surface area (Å²) >= 11 is 14.9. The molecule has 59 heavy (non-hydrogen) atoms. The van der Waals surface area contributed by atoms with E-state index in [-0.39, 0.29) is 158 Å². The van der Waals surface area contributed by atoms with E-state index in [1.807, 2.05) is 0 Å². The number of nitrogens with one attached hydrogen (secondary N) is 1. The van der Waals surface area contributed by atoms with Crippen molar-refractivity contribution in [3.63, 3.8) is 0 Å². The minimum Gasteiger partial charge on any atom is -1.00 e. The van der Waals surface area contributed by atoms with E-state index in [2.05, 4.69) is 45.5 Å². The van der Waals surface area contributed by atoms with Gasteiger partial charge in [0.05, 0.1) is 43.4 Å². The molecular formula is C39H33BrCl2F2K2N6O7. The Morgan fingerprint density at radius 1 is 0.898 bits per heavy atom. The molecule has 2 heterocycles. The summed E-state index contributed by atoms with van der Waals surface area (Å²) < 4.78 is 28.0. The first-order chi connectivity index (χ1) is 27.0. The molecule has 13 nitrogen and oxygen atoms in total. The van der Waals surface area contributed by atoms with E-state index in [0.29, 0.717) is 38.6 Å². The minimum atomic E-state index is -1.68. The molecule has 0 saturated carbocycles. The monoisotopic (exact) mass is 962 g/mol. The number of aliphatic hydroxyl groups is 2. The number of alkyl halides is 1. The molecule has 0 radical (unpaired) electrons. The van der Waals surface area contributed by atoms with E-state index in [1.54, 1.807) is 65.2 Å². The number of carbonyl (C=O) groups excluding carboxylic acids is 3. The third-order valence-corrected chi connectivity index (χ3v) is 9.67. The van der Waals surface area contributed by atoms with Crippen LogP contribution in [0.15, 0.2) is 85.5 Å². The molecule has 2 atom stereocenters. The Balaban J connectivity index is 0.000000881. The quantitative estimate of drug-likeness (QED) is 0.0457. The van der Waals surface area contributed by atoms with Crippen molar-refractivity contribution in [1.82, 2.24) is 19.5 Å². The Kier molecular flexibility index (Phi) is 24.3. The van der Waals surface area contributed by atoms with E-state index in [9.17, 15) is 28.6 Å². The fraction of sp³-hybridized carbons (Fsp3) is 0.205. The number of aromatic nitrogens is 4. The summed E-state index contributed by atoms with van der Waals surface area (Å²) in [6.07, 6.45) is 2.94. The van der Waals surface area contributed by atoms with Crippen molar-refractivity contribution in [2.45, 2.75) is 44.4 Å². The number of ketones is 2. The Hall–Kier alpha value is -2.32. The number of benzene rings is 4. The van der Waals surface area contributed by atoms with Gasteiger partial charge in [-0.05, 0) is 49.2 Å². The first-order valence-corrected chi connectivity index (χ1v) is 18.2. The zero-order valence-electron chi connectivity index (χ0n) is 33.1. The molecule has 0 bridgehead atoms. The van der Waals surface area contributed by atoms with Crippen molar-refractivity contribution in [2.24, 2.45) is 0 Å². The number of para-hydroxylation sites is 2. The maximum absolute atomic E-state index is 13.7. The van der Waals surface area contributed by atoms with Crippen LogP contribution in [0.25, 0.3) is 31.8 Å². The van der Waals surface area contributed by atoms with Crippen LogP contribution in [-0.4, -0.2) is 64.3 Å². The number of aromatic amines is 1. The molecular weight excluding hydrogens is 931 g/mol. The molecule has 0 aliphatic carbocycles. The first kappa shape index (κ1) is 54.7. The number of fused-ring (bicyclic) bond motifs is 2. The van der Waals surface area contributed by atoms with Gasteiger partial charge in [0.2, 0.25) is 11.4 Å². The molecule has 0 aliphatic heterocycles. The van der Waals surface area contributed by atoms with Gasteiger partial charge in [-0.1, -0.05) is 87.7 Å². The summed E-state index contributed by atoms with van der Waals surface area (Å²) in [5.41, 5.74) is 0.734. The number of H-pyrrole nitrogens is 1. The number of hydrogen-bond acceptors (Lipinski definition) is 9. The summed E-state index contributed by atoms with van der Waals surface area (Å²) in [6, 6.07) is 18.9. The third kappa shape index (κ3) is 16.1. The topological polar surface area (TPSA) is 179 Å². The number of carbonyl (C=O) groups is 3. The fourth-order valence-electron chi connectivity index (χ4n) is 4.86. The van der Waals surface area contributed by atoms with Gasteiger partial charge in [-0.3, -0.25) is 14.4 Å². The van der Waals surface area contributed by atoms with Gasteiger partial charge in [0.15, 0.2) is 23.2 Å². The molecule has 0 spiro atoms. The zero-order valence-corrected chi connectivity index (χ0v) is 41.4. The molecule has 6 rings (SSSR count). The Morgan fingerprint density at radius 2 is 1.39 bits per heavy atom. The smallest absolute Gasteiger partial charge is 1.00 e. The van der Waals surface area contributed by atoms with Crippen LogP contribution in [0.3, 0.4) is 0 Å². The molecule has 3 N–H and O–H groups in total. The van der Waals surface area contributed by atoms with Crippen LogP contribution in [0.4, 0.5) is 20.2 Å². The SMILES string of the molecule is Fc1cccc2[nH]cnc12.O=CO[O-].[C-]#[N+]c1ccc(CC(=O)[C@@](C)(O)CBr)cc1Cl.[C-]#[N+]c1ccc(CC(=O)[C@@](C)(O)Cn2cnc3c(F)cccc32)cc1Cl.[H-].[K+].[K+]. The van der Waals surface area contributed by atoms with Gasteiger partial charge in [0.1, 0.15) is 22.2 Å². The maximum Gasteiger partial charge on any atom is 1.00 e. The molecule has 0 aliphatic rings. The molecule has 4 aromatic carbocycles. The van der Waals surface area contributed by atoms with Crippen molar-refractivity contribution in [3.05, 3.63) is 141 Å². The summed E-state index contributed by atoms with van der Waals surface area (Å²) in [7, 11) is 0. The normalized spacial score (nSPS) is 12.0. The summed E-state index contributed by atoms with van der Waals surface area (Å²) in [5, 5.41) is 29.6. The molecule has 6 aromatic rings. The van der Waals surface area contributed by atoms with Crippen LogP contribution in [0.2, 0.25) is 10.0 Å². The second kappa shape index (κ2) is 26.2.